The molecule has 0 spiro atoms. The van der Waals surface area contributed by atoms with Gasteiger partial charge < -0.3 is 19.7 Å². The number of aromatic nitrogens is 2. The Balaban J connectivity index is 1.62. The second-order valence-corrected chi connectivity index (χ2v) is 8.55. The molecular formula is C26H30N4O4. The Morgan fingerprint density at radius 2 is 1.85 bits per heavy atom. The van der Waals surface area contributed by atoms with Crippen molar-refractivity contribution < 1.29 is 19.1 Å². The minimum Gasteiger partial charge on any atom is -0.497 e. The Morgan fingerprint density at radius 3 is 2.53 bits per heavy atom. The minimum atomic E-state index is -1.09. The number of carbonyl (C=O) groups is 2. The van der Waals surface area contributed by atoms with Gasteiger partial charge in [-0.15, -0.1) is 0 Å². The van der Waals surface area contributed by atoms with Crippen LogP contribution >= 0.6 is 0 Å². The Kier molecular flexibility index (Phi) is 6.98. The van der Waals surface area contributed by atoms with E-state index < -0.39 is 5.54 Å². The number of hydrogen-bond donors (Lipinski definition) is 1. The molecule has 0 radical (unpaired) electrons. The number of nitrogens with zero attached hydrogens (tertiary/aromatic N) is 3. The molecule has 8 nitrogen and oxygen atoms in total. The SMILES string of the molecule is COCCCN1C(=O)c2cc(-c3ccc(OC)cc3)nn2CC1(C)C(=O)NCc1ccccc1. The van der Waals surface area contributed by atoms with Crippen molar-refractivity contribution in [3.63, 3.8) is 0 Å². The van der Waals surface area contributed by atoms with E-state index in [0.29, 0.717) is 37.5 Å². The molecule has 1 atom stereocenters. The largest absolute Gasteiger partial charge is 0.497 e. The maximum absolute atomic E-state index is 13.6. The lowest BCUT2D eigenvalue weighted by atomic mass is 9.94. The molecule has 2 heterocycles. The highest BCUT2D eigenvalue weighted by Gasteiger charge is 2.47. The summed E-state index contributed by atoms with van der Waals surface area (Å²) in [6, 6.07) is 19.0. The van der Waals surface area contributed by atoms with Crippen LogP contribution in [0.5, 0.6) is 5.75 Å². The molecule has 2 amide bonds. The van der Waals surface area contributed by atoms with Gasteiger partial charge in [0.05, 0.1) is 19.3 Å². The molecule has 1 N–H and O–H groups in total. The molecule has 0 aliphatic carbocycles. The first-order chi connectivity index (χ1) is 16.5. The van der Waals surface area contributed by atoms with E-state index in [0.717, 1.165) is 16.9 Å². The van der Waals surface area contributed by atoms with E-state index in [2.05, 4.69) is 10.4 Å². The van der Waals surface area contributed by atoms with Crippen LogP contribution in [0.3, 0.4) is 0 Å². The number of fused-ring (bicyclic) bond motifs is 1. The minimum absolute atomic E-state index is 0.214. The summed E-state index contributed by atoms with van der Waals surface area (Å²) in [4.78, 5) is 28.7. The van der Waals surface area contributed by atoms with Gasteiger partial charge in [-0.25, -0.2) is 0 Å². The average Bonchev–Trinajstić information content (AvgIpc) is 3.29. The molecule has 0 fully saturated rings. The quantitative estimate of drug-likeness (QED) is 0.494. The average molecular weight is 463 g/mol. The summed E-state index contributed by atoms with van der Waals surface area (Å²) in [5.74, 6) is 0.317. The summed E-state index contributed by atoms with van der Waals surface area (Å²) in [6.45, 7) is 3.36. The fourth-order valence-electron chi connectivity index (χ4n) is 4.23. The van der Waals surface area contributed by atoms with E-state index in [1.165, 1.54) is 0 Å². The Labute approximate surface area is 199 Å². The van der Waals surface area contributed by atoms with E-state index in [9.17, 15) is 9.59 Å². The van der Waals surface area contributed by atoms with Crippen LogP contribution in [0.2, 0.25) is 0 Å². The molecule has 8 heteroatoms. The maximum atomic E-state index is 13.6. The summed E-state index contributed by atoms with van der Waals surface area (Å²) in [7, 11) is 3.24. The van der Waals surface area contributed by atoms with Crippen LogP contribution in [-0.4, -0.2) is 59.4 Å². The third kappa shape index (κ3) is 4.68. The van der Waals surface area contributed by atoms with Crippen molar-refractivity contribution in [3.8, 4) is 17.0 Å². The molecule has 178 valence electrons. The fraction of sp³-hybridized carbons (Fsp3) is 0.346. The van der Waals surface area contributed by atoms with Gasteiger partial charge in [0.15, 0.2) is 0 Å². The summed E-state index contributed by atoms with van der Waals surface area (Å²) in [6.07, 6.45) is 0.628. The molecule has 34 heavy (non-hydrogen) atoms. The molecule has 0 saturated heterocycles. The Hall–Kier alpha value is -3.65. The van der Waals surface area contributed by atoms with Gasteiger partial charge in [-0.2, -0.15) is 5.10 Å². The second kappa shape index (κ2) is 10.1. The van der Waals surface area contributed by atoms with Crippen molar-refractivity contribution >= 4 is 11.8 Å². The molecule has 1 aromatic heterocycles. The van der Waals surface area contributed by atoms with E-state index in [-0.39, 0.29) is 18.4 Å². The van der Waals surface area contributed by atoms with Crippen LogP contribution in [0, 0.1) is 0 Å². The number of hydrogen-bond acceptors (Lipinski definition) is 5. The van der Waals surface area contributed by atoms with Gasteiger partial charge in [0, 0.05) is 32.4 Å². The number of benzene rings is 2. The highest BCUT2D eigenvalue weighted by atomic mass is 16.5. The van der Waals surface area contributed by atoms with Gasteiger partial charge in [-0.05, 0) is 49.2 Å². The summed E-state index contributed by atoms with van der Waals surface area (Å²) < 4.78 is 12.1. The lowest BCUT2D eigenvalue weighted by molar-refractivity contribution is -0.133. The second-order valence-electron chi connectivity index (χ2n) is 8.55. The number of rotatable bonds is 9. The number of nitrogens with one attached hydrogen (secondary N) is 1. The van der Waals surface area contributed by atoms with Crippen LogP contribution in [-0.2, 0) is 22.6 Å². The van der Waals surface area contributed by atoms with E-state index in [1.54, 1.807) is 36.8 Å². The smallest absolute Gasteiger partial charge is 0.273 e. The van der Waals surface area contributed by atoms with E-state index >= 15 is 0 Å². The van der Waals surface area contributed by atoms with E-state index in [1.807, 2.05) is 54.6 Å². The van der Waals surface area contributed by atoms with E-state index in [4.69, 9.17) is 9.47 Å². The third-order valence-corrected chi connectivity index (χ3v) is 6.20. The van der Waals surface area contributed by atoms with Gasteiger partial charge in [-0.3, -0.25) is 14.3 Å². The molecule has 1 aliphatic heterocycles. The summed E-state index contributed by atoms with van der Waals surface area (Å²) in [5, 5.41) is 7.69. The molecule has 0 saturated carbocycles. The predicted octanol–water partition coefficient (Wildman–Crippen LogP) is 3.13. The Bertz CT molecular complexity index is 1140. The van der Waals surface area contributed by atoms with Crippen LogP contribution < -0.4 is 10.1 Å². The number of methoxy groups -OCH3 is 2. The van der Waals surface area contributed by atoms with Crippen molar-refractivity contribution in [2.24, 2.45) is 0 Å². The van der Waals surface area contributed by atoms with Crippen molar-refractivity contribution in [3.05, 3.63) is 71.9 Å². The number of ether oxygens (including phenoxy) is 2. The molecule has 2 aromatic carbocycles. The normalized spacial score (nSPS) is 17.4. The predicted molar refractivity (Wildman–Crippen MR) is 128 cm³/mol. The highest BCUT2D eigenvalue weighted by Crippen LogP contribution is 2.31. The van der Waals surface area contributed by atoms with Crippen LogP contribution in [0.25, 0.3) is 11.3 Å². The summed E-state index contributed by atoms with van der Waals surface area (Å²) in [5.41, 5.74) is 1.93. The van der Waals surface area contributed by atoms with Gasteiger partial charge in [-0.1, -0.05) is 30.3 Å². The first-order valence-electron chi connectivity index (χ1n) is 11.3. The first-order valence-corrected chi connectivity index (χ1v) is 11.3. The molecule has 1 aliphatic rings. The van der Waals surface area contributed by atoms with Crippen LogP contribution in [0.1, 0.15) is 29.4 Å². The highest BCUT2D eigenvalue weighted by molar-refractivity contribution is 6.00. The topological polar surface area (TPSA) is 85.7 Å². The van der Waals surface area contributed by atoms with Gasteiger partial charge >= 0.3 is 0 Å². The molecule has 4 rings (SSSR count). The van der Waals surface area contributed by atoms with Crippen molar-refractivity contribution in [2.45, 2.75) is 32.0 Å². The Morgan fingerprint density at radius 1 is 1.12 bits per heavy atom. The standard InChI is InChI=1S/C26H30N4O4/c1-26(25(32)27-17-19-8-5-4-6-9-19)18-30-23(24(31)29(26)14-7-15-33-2)16-22(28-30)20-10-12-21(34-3)13-11-20/h4-6,8-13,16H,7,14-15,17-18H2,1-3H3,(H,27,32). The summed E-state index contributed by atoms with van der Waals surface area (Å²) >= 11 is 0. The van der Waals surface area contributed by atoms with Gasteiger partial charge in [0.2, 0.25) is 5.91 Å². The van der Waals surface area contributed by atoms with Crippen LogP contribution in [0.15, 0.2) is 60.7 Å². The zero-order valence-corrected chi connectivity index (χ0v) is 19.8. The molecular weight excluding hydrogens is 432 g/mol. The third-order valence-electron chi connectivity index (χ3n) is 6.20. The zero-order chi connectivity index (χ0) is 24.1. The maximum Gasteiger partial charge on any atom is 0.273 e. The lowest BCUT2D eigenvalue weighted by Gasteiger charge is -2.43. The number of amides is 2. The number of carbonyl (C=O) groups excluding carboxylic acids is 2. The molecule has 1 unspecified atom stereocenters. The fourth-order valence-corrected chi connectivity index (χ4v) is 4.23. The van der Waals surface area contributed by atoms with Crippen LogP contribution in [0.4, 0.5) is 0 Å². The van der Waals surface area contributed by atoms with Crippen molar-refractivity contribution in [2.75, 3.05) is 27.4 Å². The first kappa shape index (κ1) is 23.5. The molecule has 0 bridgehead atoms. The van der Waals surface area contributed by atoms with Gasteiger partial charge in [0.1, 0.15) is 17.0 Å². The lowest BCUT2D eigenvalue weighted by Crippen LogP contribution is -2.64. The monoisotopic (exact) mass is 462 g/mol. The van der Waals surface area contributed by atoms with Gasteiger partial charge in [0.25, 0.3) is 5.91 Å². The van der Waals surface area contributed by atoms with Crippen molar-refractivity contribution in [1.82, 2.24) is 20.0 Å². The zero-order valence-electron chi connectivity index (χ0n) is 19.8. The van der Waals surface area contributed by atoms with Crippen molar-refractivity contribution in [1.29, 1.82) is 0 Å². The molecule has 3 aromatic rings.